The van der Waals surface area contributed by atoms with Crippen molar-refractivity contribution in [3.63, 3.8) is 0 Å². The van der Waals surface area contributed by atoms with Crippen LogP contribution in [0, 0.1) is 6.20 Å². The molecule has 0 spiro atoms. The molecule has 0 atom stereocenters. The van der Waals surface area contributed by atoms with Crippen molar-refractivity contribution >= 4 is 0 Å². The van der Waals surface area contributed by atoms with Gasteiger partial charge in [-0.3, -0.25) is 5.10 Å². The van der Waals surface area contributed by atoms with Gasteiger partial charge in [-0.05, 0) is 0 Å². The Hall–Kier alpha value is -0.130. The molecule has 1 aromatic rings. The van der Waals surface area contributed by atoms with Gasteiger partial charge in [0.25, 0.3) is 0 Å². The van der Waals surface area contributed by atoms with Crippen LogP contribution in [0.2, 0.25) is 0 Å². The fourth-order valence-corrected chi connectivity index (χ4v) is 0.417. The standard InChI is InChI=1S/C5H2F3N2.Na/c6-5(7,8)4-2-1-3-9-10-4;/h1-2H;/q-1;+1. The smallest absolute Gasteiger partial charge is 0.267 e. The van der Waals surface area contributed by atoms with Crippen molar-refractivity contribution in [2.45, 2.75) is 6.18 Å². The van der Waals surface area contributed by atoms with E-state index in [0.717, 1.165) is 12.1 Å². The molecule has 1 aromatic heterocycles. The first-order valence-electron chi connectivity index (χ1n) is 2.37. The van der Waals surface area contributed by atoms with E-state index in [4.69, 9.17) is 0 Å². The van der Waals surface area contributed by atoms with Gasteiger partial charge in [-0.2, -0.15) is 24.3 Å². The van der Waals surface area contributed by atoms with Gasteiger partial charge in [0.05, 0.1) is 5.69 Å². The van der Waals surface area contributed by atoms with E-state index in [-0.39, 0.29) is 29.6 Å². The van der Waals surface area contributed by atoms with Crippen LogP contribution in [0.3, 0.4) is 0 Å². The summed E-state index contributed by atoms with van der Waals surface area (Å²) in [6, 6.07) is 1.88. The third-order valence-corrected chi connectivity index (χ3v) is 0.822. The van der Waals surface area contributed by atoms with Gasteiger partial charge in [-0.1, -0.05) is 0 Å². The van der Waals surface area contributed by atoms with Gasteiger partial charge in [0.2, 0.25) is 0 Å². The van der Waals surface area contributed by atoms with Crippen molar-refractivity contribution in [3.8, 4) is 0 Å². The summed E-state index contributed by atoms with van der Waals surface area (Å²) < 4.78 is 35.0. The minimum absolute atomic E-state index is 0. The number of halogens is 3. The predicted octanol–water partition coefficient (Wildman–Crippen LogP) is -1.70. The Morgan fingerprint density at radius 2 is 2.00 bits per heavy atom. The maximum Gasteiger partial charge on any atom is 1.00 e. The molecule has 0 aliphatic heterocycles. The Morgan fingerprint density at radius 1 is 1.36 bits per heavy atom. The largest absolute Gasteiger partial charge is 1.00 e. The zero-order valence-electron chi connectivity index (χ0n) is 5.68. The summed E-state index contributed by atoms with van der Waals surface area (Å²) in [6.45, 7) is 0. The molecule has 0 radical (unpaired) electrons. The van der Waals surface area contributed by atoms with Gasteiger partial charge in [0.15, 0.2) is 0 Å². The molecule has 0 aliphatic rings. The molecule has 0 saturated heterocycles. The molecule has 1 rings (SSSR count). The van der Waals surface area contributed by atoms with E-state index in [1.165, 1.54) is 0 Å². The number of aromatic nitrogens is 2. The quantitative estimate of drug-likeness (QED) is 0.342. The Kier molecular flexibility index (Phi) is 3.99. The van der Waals surface area contributed by atoms with Crippen LogP contribution in [0.25, 0.3) is 0 Å². The van der Waals surface area contributed by atoms with Gasteiger partial charge >= 0.3 is 35.7 Å². The SMILES string of the molecule is FC(F)(F)c1cc[c-]nn1.[Na+]. The van der Waals surface area contributed by atoms with E-state index in [0.29, 0.717) is 0 Å². The van der Waals surface area contributed by atoms with Crippen molar-refractivity contribution in [1.82, 2.24) is 10.2 Å². The van der Waals surface area contributed by atoms with Crippen LogP contribution in [0.1, 0.15) is 5.69 Å². The van der Waals surface area contributed by atoms with Crippen LogP contribution in [0.5, 0.6) is 0 Å². The van der Waals surface area contributed by atoms with E-state index in [1.54, 1.807) is 0 Å². The van der Waals surface area contributed by atoms with Gasteiger partial charge in [0, 0.05) is 0 Å². The molecule has 0 unspecified atom stereocenters. The molecule has 0 aliphatic carbocycles. The maximum atomic E-state index is 11.7. The number of nitrogens with zero attached hydrogens (tertiary/aromatic N) is 2. The number of alkyl halides is 3. The average Bonchev–Trinajstić information content (AvgIpc) is 1.88. The summed E-state index contributed by atoms with van der Waals surface area (Å²) in [5.41, 5.74) is -0.994. The van der Waals surface area contributed by atoms with Crippen molar-refractivity contribution < 1.29 is 42.7 Å². The summed E-state index contributed by atoms with van der Waals surface area (Å²) in [7, 11) is 0. The number of rotatable bonds is 0. The van der Waals surface area contributed by atoms with Gasteiger partial charge < -0.3 is 0 Å². The Balaban J connectivity index is 0.000001000. The normalized spacial score (nSPS) is 10.5. The Labute approximate surface area is 83.1 Å². The summed E-state index contributed by atoms with van der Waals surface area (Å²) in [5, 5.41) is 5.78. The summed E-state index contributed by atoms with van der Waals surface area (Å²) in [5.74, 6) is 0. The average molecular weight is 170 g/mol. The van der Waals surface area contributed by atoms with Crippen LogP contribution in [-0.4, -0.2) is 10.2 Å². The second-order valence-electron chi connectivity index (χ2n) is 1.55. The summed E-state index contributed by atoms with van der Waals surface area (Å²) in [6.07, 6.45) is -2.26. The molecule has 0 fully saturated rings. The molecule has 11 heavy (non-hydrogen) atoms. The fourth-order valence-electron chi connectivity index (χ4n) is 0.417. The Morgan fingerprint density at radius 3 is 2.27 bits per heavy atom. The molecule has 0 aromatic carbocycles. The van der Waals surface area contributed by atoms with Crippen LogP contribution < -0.4 is 29.6 Å². The first-order valence-corrected chi connectivity index (χ1v) is 2.37. The fraction of sp³-hybridized carbons (Fsp3) is 0.200. The first-order chi connectivity index (χ1) is 4.61. The molecule has 1 heterocycles. The van der Waals surface area contributed by atoms with Crippen LogP contribution >= 0.6 is 0 Å². The van der Waals surface area contributed by atoms with Crippen molar-refractivity contribution in [2.75, 3.05) is 0 Å². The van der Waals surface area contributed by atoms with Gasteiger partial charge in [0.1, 0.15) is 0 Å². The topological polar surface area (TPSA) is 25.8 Å². The molecule has 0 bridgehead atoms. The predicted molar refractivity (Wildman–Crippen MR) is 25.9 cm³/mol. The summed E-state index contributed by atoms with van der Waals surface area (Å²) >= 11 is 0. The molecule has 54 valence electrons. The maximum absolute atomic E-state index is 11.7. The molecule has 0 saturated carbocycles. The second kappa shape index (κ2) is 4.04. The molecular weight excluding hydrogens is 168 g/mol. The third-order valence-electron chi connectivity index (χ3n) is 0.822. The Bertz CT molecular complexity index is 211. The zero-order valence-corrected chi connectivity index (χ0v) is 7.68. The van der Waals surface area contributed by atoms with Crippen molar-refractivity contribution in [3.05, 3.63) is 24.0 Å². The van der Waals surface area contributed by atoms with Crippen molar-refractivity contribution in [2.24, 2.45) is 0 Å². The number of hydrogen-bond acceptors (Lipinski definition) is 2. The third kappa shape index (κ3) is 3.18. The monoisotopic (exact) mass is 170 g/mol. The van der Waals surface area contributed by atoms with Crippen molar-refractivity contribution in [1.29, 1.82) is 0 Å². The summed E-state index contributed by atoms with van der Waals surface area (Å²) in [4.78, 5) is 0. The minimum Gasteiger partial charge on any atom is -0.267 e. The van der Waals surface area contributed by atoms with E-state index in [9.17, 15) is 13.2 Å². The minimum atomic E-state index is -4.40. The van der Waals surface area contributed by atoms with Gasteiger partial charge in [-0.25, -0.2) is 6.07 Å². The molecule has 2 nitrogen and oxygen atoms in total. The van der Waals surface area contributed by atoms with Crippen LogP contribution in [0.4, 0.5) is 13.2 Å². The van der Waals surface area contributed by atoms with E-state index in [2.05, 4.69) is 16.4 Å². The zero-order chi connectivity index (χ0) is 7.61. The van der Waals surface area contributed by atoms with E-state index >= 15 is 0 Å². The van der Waals surface area contributed by atoms with E-state index < -0.39 is 11.9 Å². The van der Waals surface area contributed by atoms with Crippen LogP contribution in [-0.2, 0) is 6.18 Å². The van der Waals surface area contributed by atoms with Crippen LogP contribution in [0.15, 0.2) is 12.1 Å². The second-order valence-corrected chi connectivity index (χ2v) is 1.55. The van der Waals surface area contributed by atoms with E-state index in [1.807, 2.05) is 0 Å². The number of hydrogen-bond donors (Lipinski definition) is 0. The molecule has 0 amide bonds. The van der Waals surface area contributed by atoms with Gasteiger partial charge in [-0.15, -0.1) is 6.20 Å². The molecular formula is C5H2F3N2Na. The molecule has 0 N–H and O–H groups in total. The molecule has 6 heteroatoms. The first kappa shape index (κ1) is 10.9.